The van der Waals surface area contributed by atoms with Crippen LogP contribution in [0.2, 0.25) is 0 Å². The molecule has 19 heavy (non-hydrogen) atoms. The molecule has 0 spiro atoms. The number of rotatable bonds is 2. The fraction of sp³-hybridized carbons (Fsp3) is 0.533. The predicted octanol–water partition coefficient (Wildman–Crippen LogP) is 2.63. The van der Waals surface area contributed by atoms with Gasteiger partial charge in [0.25, 0.3) is 0 Å². The van der Waals surface area contributed by atoms with E-state index in [1.165, 1.54) is 0 Å². The van der Waals surface area contributed by atoms with Crippen molar-refractivity contribution in [3.63, 3.8) is 0 Å². The van der Waals surface area contributed by atoms with Crippen molar-refractivity contribution >= 4 is 5.52 Å². The molecule has 102 valence electrons. The fourth-order valence-electron chi connectivity index (χ4n) is 3.02. The van der Waals surface area contributed by atoms with E-state index in [1.54, 1.807) is 6.07 Å². The maximum Gasteiger partial charge on any atom is 0.197 e. The van der Waals surface area contributed by atoms with E-state index in [0.29, 0.717) is 12.0 Å². The summed E-state index contributed by atoms with van der Waals surface area (Å²) in [5.41, 5.74) is 0.973. The summed E-state index contributed by atoms with van der Waals surface area (Å²) in [5.74, 6) is 1.75. The van der Waals surface area contributed by atoms with Crippen molar-refractivity contribution < 1.29 is 5.11 Å². The molecule has 0 unspecified atom stereocenters. The van der Waals surface area contributed by atoms with E-state index < -0.39 is 0 Å². The molecule has 0 saturated carbocycles. The Labute approximate surface area is 113 Å². The highest BCUT2D eigenvalue weighted by Crippen LogP contribution is 2.30. The molecule has 0 atom stereocenters. The Morgan fingerprint density at radius 3 is 2.68 bits per heavy atom. The SMILES string of the molecule is CC(C)N1CCC(c2ncc3cccc(O)n23)CC1. The third-order valence-electron chi connectivity index (χ3n) is 4.18. The van der Waals surface area contributed by atoms with Crippen LogP contribution in [0.5, 0.6) is 5.88 Å². The van der Waals surface area contributed by atoms with Crippen LogP contribution in [0.1, 0.15) is 38.4 Å². The summed E-state index contributed by atoms with van der Waals surface area (Å²) in [6.45, 7) is 6.73. The number of imidazole rings is 1. The molecule has 1 saturated heterocycles. The Balaban J connectivity index is 1.86. The molecule has 0 amide bonds. The Kier molecular flexibility index (Phi) is 3.19. The number of likely N-dealkylation sites (tertiary alicyclic amines) is 1. The first-order chi connectivity index (χ1) is 9.16. The third kappa shape index (κ3) is 2.21. The number of hydrogen-bond donors (Lipinski definition) is 1. The Hall–Kier alpha value is -1.55. The van der Waals surface area contributed by atoms with E-state index in [0.717, 1.165) is 37.3 Å². The lowest BCUT2D eigenvalue weighted by Gasteiger charge is -2.34. The molecular weight excluding hydrogens is 238 g/mol. The Morgan fingerprint density at radius 2 is 2.00 bits per heavy atom. The molecule has 4 heteroatoms. The molecule has 1 fully saturated rings. The van der Waals surface area contributed by atoms with Gasteiger partial charge in [0, 0.05) is 12.0 Å². The van der Waals surface area contributed by atoms with E-state index in [9.17, 15) is 5.11 Å². The van der Waals surface area contributed by atoms with Crippen LogP contribution in [0.4, 0.5) is 0 Å². The molecule has 0 aliphatic carbocycles. The van der Waals surface area contributed by atoms with E-state index in [1.807, 2.05) is 22.7 Å². The zero-order valence-corrected chi connectivity index (χ0v) is 11.6. The number of hydrogen-bond acceptors (Lipinski definition) is 3. The molecule has 1 N–H and O–H groups in total. The first-order valence-corrected chi connectivity index (χ1v) is 7.06. The second-order valence-electron chi connectivity index (χ2n) is 5.66. The largest absolute Gasteiger partial charge is 0.494 e. The van der Waals surface area contributed by atoms with Crippen LogP contribution in [0.3, 0.4) is 0 Å². The smallest absolute Gasteiger partial charge is 0.197 e. The summed E-state index contributed by atoms with van der Waals surface area (Å²) in [7, 11) is 0. The van der Waals surface area contributed by atoms with Gasteiger partial charge in [-0.3, -0.25) is 4.40 Å². The van der Waals surface area contributed by atoms with Crippen LogP contribution < -0.4 is 0 Å². The quantitative estimate of drug-likeness (QED) is 0.901. The second-order valence-corrected chi connectivity index (χ2v) is 5.66. The lowest BCUT2D eigenvalue weighted by atomic mass is 9.95. The van der Waals surface area contributed by atoms with Gasteiger partial charge in [0.2, 0.25) is 0 Å². The number of pyridine rings is 1. The molecule has 4 nitrogen and oxygen atoms in total. The van der Waals surface area contributed by atoms with Crippen molar-refractivity contribution in [2.24, 2.45) is 0 Å². The second kappa shape index (κ2) is 4.85. The van der Waals surface area contributed by atoms with Gasteiger partial charge in [-0.15, -0.1) is 0 Å². The third-order valence-corrected chi connectivity index (χ3v) is 4.18. The van der Waals surface area contributed by atoms with E-state index in [-0.39, 0.29) is 5.88 Å². The fourth-order valence-corrected chi connectivity index (χ4v) is 3.02. The van der Waals surface area contributed by atoms with Crippen molar-refractivity contribution in [2.45, 2.75) is 38.6 Å². The van der Waals surface area contributed by atoms with Crippen LogP contribution in [0.15, 0.2) is 24.4 Å². The maximum atomic E-state index is 10.0. The van der Waals surface area contributed by atoms with Gasteiger partial charge in [-0.2, -0.15) is 0 Å². The first kappa shape index (κ1) is 12.5. The molecule has 0 bridgehead atoms. The van der Waals surface area contributed by atoms with Crippen LogP contribution in [0.25, 0.3) is 5.52 Å². The predicted molar refractivity (Wildman–Crippen MR) is 75.5 cm³/mol. The van der Waals surface area contributed by atoms with Gasteiger partial charge in [0.15, 0.2) is 5.88 Å². The summed E-state index contributed by atoms with van der Waals surface area (Å²) in [6.07, 6.45) is 4.08. The molecule has 2 aromatic heterocycles. The van der Waals surface area contributed by atoms with Crippen molar-refractivity contribution in [2.75, 3.05) is 13.1 Å². The average Bonchev–Trinajstić information content (AvgIpc) is 2.84. The Bertz CT molecular complexity index is 568. The van der Waals surface area contributed by atoms with Gasteiger partial charge < -0.3 is 10.0 Å². The first-order valence-electron chi connectivity index (χ1n) is 7.06. The highest BCUT2D eigenvalue weighted by Gasteiger charge is 2.25. The summed E-state index contributed by atoms with van der Waals surface area (Å²) in [6, 6.07) is 6.18. The molecule has 3 rings (SSSR count). The van der Waals surface area contributed by atoms with Crippen LogP contribution in [-0.2, 0) is 0 Å². The number of piperidine rings is 1. The molecule has 0 aromatic carbocycles. The standard InChI is InChI=1S/C15H21N3O/c1-11(2)17-8-6-12(7-9-17)15-16-10-13-4-3-5-14(19)18(13)15/h3-5,10-12,19H,6-9H2,1-2H3. The minimum absolute atomic E-state index is 0.288. The minimum atomic E-state index is 0.288. The van der Waals surface area contributed by atoms with Gasteiger partial charge in [-0.25, -0.2) is 4.98 Å². The van der Waals surface area contributed by atoms with Crippen LogP contribution in [0, 0.1) is 0 Å². The van der Waals surface area contributed by atoms with E-state index >= 15 is 0 Å². The zero-order valence-electron chi connectivity index (χ0n) is 11.6. The number of aromatic hydroxyl groups is 1. The average molecular weight is 259 g/mol. The Morgan fingerprint density at radius 1 is 1.26 bits per heavy atom. The number of aromatic nitrogens is 2. The van der Waals surface area contributed by atoms with Gasteiger partial charge >= 0.3 is 0 Å². The van der Waals surface area contributed by atoms with Crippen molar-refractivity contribution in [1.82, 2.24) is 14.3 Å². The normalized spacial score (nSPS) is 18.5. The highest BCUT2D eigenvalue weighted by atomic mass is 16.3. The van der Waals surface area contributed by atoms with Gasteiger partial charge in [-0.1, -0.05) is 6.07 Å². The minimum Gasteiger partial charge on any atom is -0.494 e. The summed E-state index contributed by atoms with van der Waals surface area (Å²) >= 11 is 0. The lowest BCUT2D eigenvalue weighted by Crippen LogP contribution is -2.38. The maximum absolute atomic E-state index is 10.0. The van der Waals surface area contributed by atoms with Gasteiger partial charge in [0.05, 0.1) is 11.7 Å². The number of nitrogens with zero attached hydrogens (tertiary/aromatic N) is 3. The molecule has 1 aliphatic heterocycles. The molecule has 0 radical (unpaired) electrons. The number of fused-ring (bicyclic) bond motifs is 1. The van der Waals surface area contributed by atoms with Crippen molar-refractivity contribution in [3.8, 4) is 5.88 Å². The highest BCUT2D eigenvalue weighted by molar-refractivity contribution is 5.49. The van der Waals surface area contributed by atoms with Gasteiger partial charge in [0.1, 0.15) is 5.82 Å². The topological polar surface area (TPSA) is 40.8 Å². The lowest BCUT2D eigenvalue weighted by molar-refractivity contribution is 0.169. The molecule has 1 aliphatic rings. The van der Waals surface area contributed by atoms with Crippen LogP contribution in [-0.4, -0.2) is 38.5 Å². The van der Waals surface area contributed by atoms with Crippen molar-refractivity contribution in [3.05, 3.63) is 30.2 Å². The van der Waals surface area contributed by atoms with Crippen molar-refractivity contribution in [1.29, 1.82) is 0 Å². The summed E-state index contributed by atoms with van der Waals surface area (Å²) in [5, 5.41) is 10.0. The van der Waals surface area contributed by atoms with E-state index in [4.69, 9.17) is 0 Å². The van der Waals surface area contributed by atoms with Crippen LogP contribution >= 0.6 is 0 Å². The summed E-state index contributed by atoms with van der Waals surface area (Å²) < 4.78 is 1.88. The zero-order chi connectivity index (χ0) is 13.4. The summed E-state index contributed by atoms with van der Waals surface area (Å²) in [4.78, 5) is 7.04. The molecule has 2 aromatic rings. The molecular formula is C15H21N3O. The van der Waals surface area contributed by atoms with E-state index in [2.05, 4.69) is 23.7 Å². The molecule has 3 heterocycles. The van der Waals surface area contributed by atoms with Gasteiger partial charge in [-0.05, 0) is 51.9 Å². The monoisotopic (exact) mass is 259 g/mol.